The molecule has 19 heavy (non-hydrogen) atoms. The summed E-state index contributed by atoms with van der Waals surface area (Å²) < 4.78 is 69.8. The molecule has 0 fully saturated rings. The quantitative estimate of drug-likeness (QED) is 0.801. The summed E-state index contributed by atoms with van der Waals surface area (Å²) in [5.41, 5.74) is -1.26. The van der Waals surface area contributed by atoms with Gasteiger partial charge in [0, 0.05) is 10.7 Å². The molecule has 1 aromatic carbocycles. The van der Waals surface area contributed by atoms with Crippen molar-refractivity contribution < 1.29 is 31.1 Å². The number of hydrogen-bond acceptors (Lipinski definition) is 4. The van der Waals surface area contributed by atoms with E-state index in [-0.39, 0.29) is 11.3 Å². The number of methoxy groups -OCH3 is 2. The highest BCUT2D eigenvalue weighted by Crippen LogP contribution is 2.42. The van der Waals surface area contributed by atoms with E-state index in [9.17, 15) is 21.6 Å². The second kappa shape index (κ2) is 5.46. The van der Waals surface area contributed by atoms with Gasteiger partial charge >= 0.3 is 6.18 Å². The van der Waals surface area contributed by atoms with Crippen LogP contribution in [0.25, 0.3) is 0 Å². The fraction of sp³-hybridized carbons (Fsp3) is 0.400. The maximum atomic E-state index is 12.8. The Morgan fingerprint density at radius 2 is 1.79 bits per heavy atom. The molecule has 0 heterocycles. The number of alkyl halides is 3. The molecule has 108 valence electrons. The lowest BCUT2D eigenvalue weighted by Crippen LogP contribution is -2.10. The summed E-state index contributed by atoms with van der Waals surface area (Å²) in [6.07, 6.45) is -4.70. The minimum Gasteiger partial charge on any atom is -0.493 e. The molecule has 0 atom stereocenters. The Kier molecular flexibility index (Phi) is 4.57. The van der Waals surface area contributed by atoms with Crippen molar-refractivity contribution in [2.75, 3.05) is 14.2 Å². The van der Waals surface area contributed by atoms with Crippen LogP contribution >= 0.6 is 10.7 Å². The second-order valence-corrected chi connectivity index (χ2v) is 6.34. The molecule has 4 nitrogen and oxygen atoms in total. The lowest BCUT2D eigenvalue weighted by atomic mass is 10.1. The zero-order valence-corrected chi connectivity index (χ0v) is 11.5. The summed E-state index contributed by atoms with van der Waals surface area (Å²) in [5, 5.41) is 0. The zero-order valence-electron chi connectivity index (χ0n) is 9.91. The fourth-order valence-corrected chi connectivity index (χ4v) is 2.46. The van der Waals surface area contributed by atoms with E-state index in [0.717, 1.165) is 20.3 Å². The van der Waals surface area contributed by atoms with Gasteiger partial charge in [-0.3, -0.25) is 0 Å². The van der Waals surface area contributed by atoms with Crippen molar-refractivity contribution in [1.82, 2.24) is 0 Å². The molecule has 1 aromatic rings. The first kappa shape index (κ1) is 15.9. The standard InChI is InChI=1S/C10H10ClF3O4S/c1-17-8-4-6(5-19(11,15)16)3-7(9(8)18-2)10(12,13)14/h3-4H,5H2,1-2H3. The summed E-state index contributed by atoms with van der Waals surface area (Å²) in [7, 11) is 3.26. The molecule has 0 saturated heterocycles. The van der Waals surface area contributed by atoms with Crippen LogP contribution in [0, 0.1) is 0 Å². The summed E-state index contributed by atoms with van der Waals surface area (Å²) in [5.74, 6) is -1.46. The molecule has 0 aliphatic carbocycles. The molecule has 0 radical (unpaired) electrons. The number of hydrogen-bond donors (Lipinski definition) is 0. The lowest BCUT2D eigenvalue weighted by Gasteiger charge is -2.16. The van der Waals surface area contributed by atoms with Crippen molar-refractivity contribution in [2.45, 2.75) is 11.9 Å². The molecular weight excluding hydrogens is 309 g/mol. The SMILES string of the molecule is COc1cc(CS(=O)(=O)Cl)cc(C(F)(F)F)c1OC. The Bertz CT molecular complexity index is 569. The van der Waals surface area contributed by atoms with Crippen molar-refractivity contribution in [3.63, 3.8) is 0 Å². The summed E-state index contributed by atoms with van der Waals surface area (Å²) in [6.45, 7) is 0. The van der Waals surface area contributed by atoms with Crippen LogP contribution in [0.4, 0.5) is 13.2 Å². The maximum Gasteiger partial charge on any atom is 0.420 e. The predicted octanol–water partition coefficient (Wildman–Crippen LogP) is 2.79. The Balaban J connectivity index is 3.47. The van der Waals surface area contributed by atoms with Crippen LogP contribution in [0.2, 0.25) is 0 Å². The van der Waals surface area contributed by atoms with Crippen molar-refractivity contribution in [2.24, 2.45) is 0 Å². The highest BCUT2D eigenvalue weighted by Gasteiger charge is 2.36. The molecule has 0 aromatic heterocycles. The van der Waals surface area contributed by atoms with Gasteiger partial charge in [0.2, 0.25) is 9.05 Å². The average molecular weight is 319 g/mol. The third-order valence-electron chi connectivity index (χ3n) is 2.18. The first-order chi connectivity index (χ1) is 8.58. The molecule has 0 amide bonds. The second-order valence-electron chi connectivity index (χ2n) is 3.56. The van der Waals surface area contributed by atoms with Crippen LogP contribution < -0.4 is 9.47 Å². The first-order valence-electron chi connectivity index (χ1n) is 4.83. The Morgan fingerprint density at radius 3 is 2.16 bits per heavy atom. The van der Waals surface area contributed by atoms with E-state index >= 15 is 0 Å². The molecule has 0 spiro atoms. The minimum atomic E-state index is -4.70. The monoisotopic (exact) mass is 318 g/mol. The molecule has 0 unspecified atom stereocenters. The summed E-state index contributed by atoms with van der Waals surface area (Å²) >= 11 is 0. The highest BCUT2D eigenvalue weighted by molar-refractivity contribution is 8.13. The largest absolute Gasteiger partial charge is 0.493 e. The first-order valence-corrected chi connectivity index (χ1v) is 7.30. The highest BCUT2D eigenvalue weighted by atomic mass is 35.7. The van der Waals surface area contributed by atoms with Crippen LogP contribution in [0.3, 0.4) is 0 Å². The van der Waals surface area contributed by atoms with Crippen LogP contribution in [0.1, 0.15) is 11.1 Å². The van der Waals surface area contributed by atoms with Crippen LogP contribution in [-0.4, -0.2) is 22.6 Å². The number of benzene rings is 1. The van der Waals surface area contributed by atoms with E-state index in [1.807, 2.05) is 0 Å². The summed E-state index contributed by atoms with van der Waals surface area (Å²) in [4.78, 5) is 0. The van der Waals surface area contributed by atoms with E-state index in [2.05, 4.69) is 4.74 Å². The Morgan fingerprint density at radius 1 is 1.21 bits per heavy atom. The lowest BCUT2D eigenvalue weighted by molar-refractivity contribution is -0.138. The van der Waals surface area contributed by atoms with Gasteiger partial charge < -0.3 is 9.47 Å². The molecule has 9 heteroatoms. The fourth-order valence-electron chi connectivity index (χ4n) is 1.51. The normalized spacial score (nSPS) is 12.3. The number of halogens is 4. The van der Waals surface area contributed by atoms with Gasteiger partial charge in [-0.05, 0) is 17.7 Å². The summed E-state index contributed by atoms with van der Waals surface area (Å²) in [6, 6.07) is 1.80. The Hall–Kier alpha value is -1.15. The molecule has 0 saturated carbocycles. The topological polar surface area (TPSA) is 52.6 Å². The van der Waals surface area contributed by atoms with Crippen molar-refractivity contribution in [3.8, 4) is 11.5 Å². The minimum absolute atomic E-state index is 0.139. The van der Waals surface area contributed by atoms with E-state index in [1.165, 1.54) is 0 Å². The van der Waals surface area contributed by atoms with Gasteiger partial charge in [0.25, 0.3) is 0 Å². The molecule has 1 rings (SSSR count). The smallest absolute Gasteiger partial charge is 0.420 e. The van der Waals surface area contributed by atoms with Gasteiger partial charge in [0.05, 0.1) is 20.0 Å². The molecule has 0 N–H and O–H groups in total. The van der Waals surface area contributed by atoms with Gasteiger partial charge in [-0.15, -0.1) is 0 Å². The van der Waals surface area contributed by atoms with Crippen LogP contribution in [0.5, 0.6) is 11.5 Å². The van der Waals surface area contributed by atoms with Crippen LogP contribution in [-0.2, 0) is 21.0 Å². The maximum absolute atomic E-state index is 12.8. The molecule has 0 aliphatic heterocycles. The third kappa shape index (κ3) is 4.17. The van der Waals surface area contributed by atoms with Crippen molar-refractivity contribution >= 4 is 19.7 Å². The van der Waals surface area contributed by atoms with Gasteiger partial charge in [0.1, 0.15) is 5.56 Å². The van der Waals surface area contributed by atoms with Gasteiger partial charge in [0.15, 0.2) is 11.5 Å². The zero-order chi connectivity index (χ0) is 14.8. The van der Waals surface area contributed by atoms with Gasteiger partial charge in [-0.25, -0.2) is 8.42 Å². The third-order valence-corrected chi connectivity index (χ3v) is 3.19. The van der Waals surface area contributed by atoms with Gasteiger partial charge in [-0.1, -0.05) is 0 Å². The molecule has 0 aliphatic rings. The predicted molar refractivity (Wildman–Crippen MR) is 63.0 cm³/mol. The van der Waals surface area contributed by atoms with Crippen molar-refractivity contribution in [3.05, 3.63) is 23.3 Å². The van der Waals surface area contributed by atoms with E-state index in [0.29, 0.717) is 6.07 Å². The average Bonchev–Trinajstić information content (AvgIpc) is 2.24. The van der Waals surface area contributed by atoms with E-state index < -0.39 is 32.3 Å². The number of ether oxygens (including phenoxy) is 2. The van der Waals surface area contributed by atoms with E-state index in [1.54, 1.807) is 0 Å². The van der Waals surface area contributed by atoms with Crippen LogP contribution in [0.15, 0.2) is 12.1 Å². The van der Waals surface area contributed by atoms with Gasteiger partial charge in [-0.2, -0.15) is 13.2 Å². The molecule has 0 bridgehead atoms. The van der Waals surface area contributed by atoms with E-state index in [4.69, 9.17) is 15.4 Å². The molecular formula is C10H10ClF3O4S. The van der Waals surface area contributed by atoms with Crippen molar-refractivity contribution in [1.29, 1.82) is 0 Å². The number of rotatable bonds is 4. The Labute approximate surface area is 112 Å².